The summed E-state index contributed by atoms with van der Waals surface area (Å²) < 4.78 is 10.8. The summed E-state index contributed by atoms with van der Waals surface area (Å²) in [6, 6.07) is 19.2. The van der Waals surface area contributed by atoms with Crippen molar-refractivity contribution in [1.29, 1.82) is 0 Å². The fourth-order valence-corrected chi connectivity index (χ4v) is 4.38. The van der Waals surface area contributed by atoms with Gasteiger partial charge in [-0.1, -0.05) is 36.4 Å². The highest BCUT2D eigenvalue weighted by Crippen LogP contribution is 2.32. The number of nitrogens with one attached hydrogen (secondary N) is 1. The first-order chi connectivity index (χ1) is 17.2. The normalized spacial score (nSPS) is 14.6. The third-order valence-electron chi connectivity index (χ3n) is 6.32. The summed E-state index contributed by atoms with van der Waals surface area (Å²) in [6.45, 7) is 3.08. The van der Waals surface area contributed by atoms with Crippen LogP contribution in [-0.4, -0.2) is 54.7 Å². The number of anilines is 1. The predicted molar refractivity (Wildman–Crippen MR) is 132 cm³/mol. The van der Waals surface area contributed by atoms with E-state index in [-0.39, 0.29) is 18.6 Å². The molecule has 0 atom stereocenters. The number of pyridine rings is 1. The second-order valence-corrected chi connectivity index (χ2v) is 8.60. The molecule has 1 saturated heterocycles. The van der Waals surface area contributed by atoms with Crippen molar-refractivity contribution >= 4 is 17.6 Å². The predicted octanol–water partition coefficient (Wildman–Crippen LogP) is 3.02. The van der Waals surface area contributed by atoms with Crippen LogP contribution < -0.4 is 19.7 Å². The van der Waals surface area contributed by atoms with Crippen LogP contribution in [0.25, 0.3) is 0 Å². The van der Waals surface area contributed by atoms with Crippen LogP contribution in [0.3, 0.4) is 0 Å². The van der Waals surface area contributed by atoms with Gasteiger partial charge in [0.05, 0.1) is 5.56 Å². The van der Waals surface area contributed by atoms with E-state index >= 15 is 0 Å². The number of fused-ring (bicyclic) bond motifs is 1. The number of rotatable bonds is 7. The maximum atomic E-state index is 13.0. The average molecular weight is 473 g/mol. The quantitative estimate of drug-likeness (QED) is 0.569. The monoisotopic (exact) mass is 472 g/mol. The van der Waals surface area contributed by atoms with E-state index in [4.69, 9.17) is 9.47 Å². The van der Waals surface area contributed by atoms with Crippen molar-refractivity contribution in [2.75, 3.05) is 37.9 Å². The largest absolute Gasteiger partial charge is 0.454 e. The van der Waals surface area contributed by atoms with E-state index in [1.165, 1.54) is 5.56 Å². The molecule has 0 spiro atoms. The number of nitrogens with zero attached hydrogens (tertiary/aromatic N) is 3. The number of piperazine rings is 1. The zero-order valence-electron chi connectivity index (χ0n) is 19.5. The number of carbonyl (C=O) groups is 2. The first-order valence-electron chi connectivity index (χ1n) is 11.9. The lowest BCUT2D eigenvalue weighted by Crippen LogP contribution is -2.49. The Morgan fingerprint density at radius 3 is 2.51 bits per heavy atom. The summed E-state index contributed by atoms with van der Waals surface area (Å²) in [5, 5.41) is 2.98. The smallest absolute Gasteiger partial charge is 0.255 e. The molecule has 2 aliphatic heterocycles. The van der Waals surface area contributed by atoms with Gasteiger partial charge in [-0.15, -0.1) is 0 Å². The highest BCUT2D eigenvalue weighted by Gasteiger charge is 2.25. The van der Waals surface area contributed by atoms with Crippen LogP contribution in [0, 0.1) is 0 Å². The second-order valence-electron chi connectivity index (χ2n) is 8.60. The number of hydrogen-bond donors (Lipinski definition) is 1. The van der Waals surface area contributed by atoms with Crippen molar-refractivity contribution in [3.05, 3.63) is 83.6 Å². The maximum absolute atomic E-state index is 13.0. The third kappa shape index (κ3) is 5.37. The standard InChI is InChI=1S/C27H28N4O4/c32-25(11-9-20-5-2-1-3-6-20)30-13-15-31(16-14-30)26-22(7-4-12-28-26)27(33)29-18-21-8-10-23-24(17-21)35-19-34-23/h1-8,10,12,17H,9,11,13-16,18-19H2,(H,29,33). The number of amides is 2. The molecule has 0 unspecified atom stereocenters. The Labute approximate surface area is 204 Å². The Kier molecular flexibility index (Phi) is 6.79. The highest BCUT2D eigenvalue weighted by molar-refractivity contribution is 5.98. The van der Waals surface area contributed by atoms with E-state index in [0.29, 0.717) is 62.0 Å². The van der Waals surface area contributed by atoms with Crippen LogP contribution in [0.4, 0.5) is 5.82 Å². The van der Waals surface area contributed by atoms with Crippen molar-refractivity contribution in [3.63, 3.8) is 0 Å². The summed E-state index contributed by atoms with van der Waals surface area (Å²) in [5.74, 6) is 2.03. The zero-order valence-corrected chi connectivity index (χ0v) is 19.5. The van der Waals surface area contributed by atoms with Crippen molar-refractivity contribution in [3.8, 4) is 11.5 Å². The topological polar surface area (TPSA) is 84.0 Å². The molecule has 1 N–H and O–H groups in total. The van der Waals surface area contributed by atoms with Gasteiger partial charge in [0.2, 0.25) is 12.7 Å². The number of aryl methyl sites for hydroxylation is 1. The minimum atomic E-state index is -0.188. The summed E-state index contributed by atoms with van der Waals surface area (Å²) in [7, 11) is 0. The van der Waals surface area contributed by atoms with E-state index in [1.54, 1.807) is 18.3 Å². The molecule has 0 radical (unpaired) electrons. The van der Waals surface area contributed by atoms with Gasteiger partial charge < -0.3 is 24.6 Å². The number of ether oxygens (including phenoxy) is 2. The highest BCUT2D eigenvalue weighted by atomic mass is 16.7. The van der Waals surface area contributed by atoms with Crippen LogP contribution in [0.2, 0.25) is 0 Å². The van der Waals surface area contributed by atoms with Crippen LogP contribution in [0.1, 0.15) is 27.9 Å². The van der Waals surface area contributed by atoms with Gasteiger partial charge in [-0.05, 0) is 41.8 Å². The number of aromatic nitrogens is 1. The van der Waals surface area contributed by atoms with E-state index in [1.807, 2.05) is 53.4 Å². The van der Waals surface area contributed by atoms with E-state index < -0.39 is 0 Å². The zero-order chi connectivity index (χ0) is 24.0. The molecular formula is C27H28N4O4. The van der Waals surface area contributed by atoms with Crippen molar-refractivity contribution in [2.24, 2.45) is 0 Å². The minimum Gasteiger partial charge on any atom is -0.454 e. The molecule has 35 heavy (non-hydrogen) atoms. The summed E-state index contributed by atoms with van der Waals surface area (Å²) >= 11 is 0. The molecule has 8 nitrogen and oxygen atoms in total. The van der Waals surface area contributed by atoms with Gasteiger partial charge in [0.25, 0.3) is 5.91 Å². The molecule has 2 aromatic carbocycles. The lowest BCUT2D eigenvalue weighted by atomic mass is 10.1. The molecule has 3 aromatic rings. The van der Waals surface area contributed by atoms with Crippen molar-refractivity contribution in [1.82, 2.24) is 15.2 Å². The fourth-order valence-electron chi connectivity index (χ4n) is 4.38. The maximum Gasteiger partial charge on any atom is 0.255 e. The first kappa shape index (κ1) is 22.7. The number of carbonyl (C=O) groups excluding carboxylic acids is 2. The molecule has 180 valence electrons. The van der Waals surface area contributed by atoms with Gasteiger partial charge in [-0.25, -0.2) is 4.98 Å². The molecule has 3 heterocycles. The Morgan fingerprint density at radius 1 is 0.886 bits per heavy atom. The molecule has 0 aliphatic carbocycles. The van der Waals surface area contributed by atoms with Gasteiger partial charge >= 0.3 is 0 Å². The summed E-state index contributed by atoms with van der Waals surface area (Å²) in [6.07, 6.45) is 2.94. The molecule has 5 rings (SSSR count). The molecule has 8 heteroatoms. The van der Waals surface area contributed by atoms with Crippen LogP contribution in [0.5, 0.6) is 11.5 Å². The Bertz CT molecular complexity index is 1190. The number of hydrogen-bond acceptors (Lipinski definition) is 6. The lowest BCUT2D eigenvalue weighted by Gasteiger charge is -2.36. The molecule has 1 aromatic heterocycles. The fraction of sp³-hybridized carbons (Fsp3) is 0.296. The SMILES string of the molecule is O=C(NCc1ccc2c(c1)OCO2)c1cccnc1N1CCN(C(=O)CCc2ccccc2)CC1. The van der Waals surface area contributed by atoms with Crippen molar-refractivity contribution < 1.29 is 19.1 Å². The van der Waals surface area contributed by atoms with Crippen LogP contribution >= 0.6 is 0 Å². The van der Waals surface area contributed by atoms with Crippen molar-refractivity contribution in [2.45, 2.75) is 19.4 Å². The molecule has 2 aliphatic rings. The van der Waals surface area contributed by atoms with Crippen LogP contribution in [-0.2, 0) is 17.8 Å². The molecule has 1 fully saturated rings. The molecular weight excluding hydrogens is 444 g/mol. The van der Waals surface area contributed by atoms with Gasteiger partial charge in [0.15, 0.2) is 11.5 Å². The summed E-state index contributed by atoms with van der Waals surface area (Å²) in [5.41, 5.74) is 2.62. The van der Waals surface area contributed by atoms with E-state index in [0.717, 1.165) is 12.0 Å². The second kappa shape index (κ2) is 10.5. The lowest BCUT2D eigenvalue weighted by molar-refractivity contribution is -0.131. The Balaban J connectivity index is 1.16. The molecule has 0 bridgehead atoms. The van der Waals surface area contributed by atoms with Crippen LogP contribution in [0.15, 0.2) is 66.9 Å². The van der Waals surface area contributed by atoms with Gasteiger partial charge in [0.1, 0.15) is 5.82 Å². The average Bonchev–Trinajstić information content (AvgIpc) is 3.39. The Hall–Kier alpha value is -4.07. The number of benzene rings is 2. The molecule has 2 amide bonds. The summed E-state index contributed by atoms with van der Waals surface area (Å²) in [4.78, 5) is 34.2. The van der Waals surface area contributed by atoms with Gasteiger partial charge in [-0.3, -0.25) is 9.59 Å². The molecule has 0 saturated carbocycles. The van der Waals surface area contributed by atoms with E-state index in [2.05, 4.69) is 15.2 Å². The van der Waals surface area contributed by atoms with Gasteiger partial charge in [0, 0.05) is 45.3 Å². The van der Waals surface area contributed by atoms with Gasteiger partial charge in [-0.2, -0.15) is 0 Å². The Morgan fingerprint density at radius 2 is 1.69 bits per heavy atom. The minimum absolute atomic E-state index is 0.163. The van der Waals surface area contributed by atoms with E-state index in [9.17, 15) is 9.59 Å². The first-order valence-corrected chi connectivity index (χ1v) is 11.9. The third-order valence-corrected chi connectivity index (χ3v) is 6.32.